The summed E-state index contributed by atoms with van der Waals surface area (Å²) >= 11 is 0. The van der Waals surface area contributed by atoms with Crippen molar-refractivity contribution in [2.45, 2.75) is 32.2 Å². The minimum absolute atomic E-state index is 0.150. The summed E-state index contributed by atoms with van der Waals surface area (Å²) in [5.41, 5.74) is 0.742. The molecule has 106 valence electrons. The van der Waals surface area contributed by atoms with Crippen LogP contribution in [0.1, 0.15) is 42.0 Å². The van der Waals surface area contributed by atoms with Gasteiger partial charge in [0.05, 0.1) is 6.54 Å². The number of aromatic carboxylic acids is 1. The third-order valence-electron chi connectivity index (χ3n) is 3.69. The number of rotatable bonds is 3. The first-order valence-corrected chi connectivity index (χ1v) is 7.04. The van der Waals surface area contributed by atoms with Crippen molar-refractivity contribution in [1.82, 2.24) is 19.5 Å². The molecule has 0 spiro atoms. The number of hydrogen-bond acceptors (Lipinski definition) is 4. The molecule has 2 aromatic rings. The van der Waals surface area contributed by atoms with Gasteiger partial charge in [-0.2, -0.15) is 0 Å². The lowest BCUT2D eigenvalue weighted by Crippen LogP contribution is -2.24. The van der Waals surface area contributed by atoms with Gasteiger partial charge in [0.15, 0.2) is 17.2 Å². The molecule has 1 saturated heterocycles. The van der Waals surface area contributed by atoms with Crippen LogP contribution in [-0.2, 0) is 6.54 Å². The number of carboxylic acids is 1. The largest absolute Gasteiger partial charge is 0.477 e. The molecule has 0 atom stereocenters. The molecule has 1 N–H and O–H groups in total. The molecule has 2 aromatic heterocycles. The molecule has 3 heterocycles. The average molecular weight is 274 g/mol. The molecule has 0 radical (unpaired) electrons. The third-order valence-corrected chi connectivity index (χ3v) is 3.69. The van der Waals surface area contributed by atoms with Crippen LogP contribution in [0.3, 0.4) is 0 Å². The monoisotopic (exact) mass is 274 g/mol. The zero-order valence-corrected chi connectivity index (χ0v) is 11.3. The molecule has 1 aliphatic heterocycles. The van der Waals surface area contributed by atoms with E-state index >= 15 is 0 Å². The predicted octanol–water partition coefficient (Wildman–Crippen LogP) is 1.80. The Morgan fingerprint density at radius 2 is 1.95 bits per heavy atom. The van der Waals surface area contributed by atoms with E-state index in [0.29, 0.717) is 18.0 Å². The van der Waals surface area contributed by atoms with E-state index in [0.717, 1.165) is 13.1 Å². The minimum atomic E-state index is -0.984. The first kappa shape index (κ1) is 13.1. The Labute approximate surface area is 117 Å². The van der Waals surface area contributed by atoms with Gasteiger partial charge >= 0.3 is 5.97 Å². The summed E-state index contributed by atoms with van der Waals surface area (Å²) in [5, 5.41) is 13.5. The summed E-state index contributed by atoms with van der Waals surface area (Å²) in [6.07, 6.45) is 5.01. The number of pyridine rings is 1. The smallest absolute Gasteiger partial charge is 0.354 e. The maximum Gasteiger partial charge on any atom is 0.354 e. The van der Waals surface area contributed by atoms with Crippen LogP contribution in [-0.4, -0.2) is 43.7 Å². The molecule has 0 saturated carbocycles. The molecule has 6 nitrogen and oxygen atoms in total. The Bertz CT molecular complexity index is 615. The van der Waals surface area contributed by atoms with Crippen LogP contribution in [0.25, 0.3) is 5.65 Å². The molecule has 1 aliphatic rings. The zero-order chi connectivity index (χ0) is 13.9. The Kier molecular flexibility index (Phi) is 3.64. The summed E-state index contributed by atoms with van der Waals surface area (Å²) in [7, 11) is 0. The van der Waals surface area contributed by atoms with Crippen molar-refractivity contribution in [3.8, 4) is 0 Å². The molecular formula is C14H18N4O2. The third kappa shape index (κ3) is 2.65. The molecule has 20 heavy (non-hydrogen) atoms. The van der Waals surface area contributed by atoms with Crippen LogP contribution in [0.4, 0.5) is 0 Å². The highest BCUT2D eigenvalue weighted by Crippen LogP contribution is 2.13. The summed E-state index contributed by atoms with van der Waals surface area (Å²) in [4.78, 5) is 17.9. The van der Waals surface area contributed by atoms with Gasteiger partial charge in [-0.3, -0.25) is 4.90 Å². The van der Waals surface area contributed by atoms with E-state index in [1.807, 2.05) is 0 Å². The van der Waals surface area contributed by atoms with E-state index in [1.165, 1.54) is 30.2 Å². The number of aromatic nitrogens is 3. The van der Waals surface area contributed by atoms with E-state index in [9.17, 15) is 4.79 Å². The second-order valence-corrected chi connectivity index (χ2v) is 5.20. The lowest BCUT2D eigenvalue weighted by Gasteiger charge is -2.17. The Balaban J connectivity index is 1.85. The van der Waals surface area contributed by atoms with E-state index in [-0.39, 0.29) is 5.69 Å². The second-order valence-electron chi connectivity index (χ2n) is 5.20. The second kappa shape index (κ2) is 5.58. The molecule has 6 heteroatoms. The van der Waals surface area contributed by atoms with Crippen LogP contribution in [0.2, 0.25) is 0 Å². The molecule has 0 unspecified atom stereocenters. The van der Waals surface area contributed by atoms with Crippen LogP contribution < -0.4 is 0 Å². The summed E-state index contributed by atoms with van der Waals surface area (Å²) < 4.78 is 1.41. The van der Waals surface area contributed by atoms with E-state index in [1.54, 1.807) is 18.2 Å². The van der Waals surface area contributed by atoms with Gasteiger partial charge in [-0.05, 0) is 38.1 Å². The quantitative estimate of drug-likeness (QED) is 0.924. The maximum absolute atomic E-state index is 11.2. The predicted molar refractivity (Wildman–Crippen MR) is 73.7 cm³/mol. The van der Waals surface area contributed by atoms with Gasteiger partial charge in [0.1, 0.15) is 0 Å². The van der Waals surface area contributed by atoms with Crippen molar-refractivity contribution in [1.29, 1.82) is 0 Å². The maximum atomic E-state index is 11.2. The number of carbonyl (C=O) groups is 1. The number of likely N-dealkylation sites (tertiary alicyclic amines) is 1. The first-order valence-electron chi connectivity index (χ1n) is 7.04. The van der Waals surface area contributed by atoms with Crippen LogP contribution in [0.5, 0.6) is 0 Å². The van der Waals surface area contributed by atoms with Crippen molar-refractivity contribution < 1.29 is 9.90 Å². The standard InChI is InChI=1S/C14H18N4O2/c19-14(20)11-6-5-7-13-15-12(16-18(11)13)10-17-8-3-1-2-4-9-17/h5-7H,1-4,8-10H2,(H,19,20). The number of nitrogens with zero attached hydrogens (tertiary/aromatic N) is 4. The van der Waals surface area contributed by atoms with Gasteiger partial charge in [-0.15, -0.1) is 5.10 Å². The first-order chi connectivity index (χ1) is 9.74. The van der Waals surface area contributed by atoms with Gasteiger partial charge in [-0.1, -0.05) is 18.9 Å². The van der Waals surface area contributed by atoms with Gasteiger partial charge in [0, 0.05) is 0 Å². The molecule has 0 bridgehead atoms. The van der Waals surface area contributed by atoms with E-state index in [4.69, 9.17) is 5.11 Å². The molecular weight excluding hydrogens is 256 g/mol. The number of carboxylic acid groups (broad SMARTS) is 1. The van der Waals surface area contributed by atoms with Crippen molar-refractivity contribution in [2.75, 3.05) is 13.1 Å². The summed E-state index contributed by atoms with van der Waals surface area (Å²) in [6, 6.07) is 5.02. The molecule has 0 aromatic carbocycles. The van der Waals surface area contributed by atoms with Crippen LogP contribution in [0, 0.1) is 0 Å². The number of hydrogen-bond donors (Lipinski definition) is 1. The highest BCUT2D eigenvalue weighted by atomic mass is 16.4. The zero-order valence-electron chi connectivity index (χ0n) is 11.3. The van der Waals surface area contributed by atoms with Crippen molar-refractivity contribution in [2.24, 2.45) is 0 Å². The normalized spacial score (nSPS) is 17.2. The van der Waals surface area contributed by atoms with Crippen molar-refractivity contribution >= 4 is 11.6 Å². The topological polar surface area (TPSA) is 70.7 Å². The van der Waals surface area contributed by atoms with E-state index < -0.39 is 5.97 Å². The fraction of sp³-hybridized carbons (Fsp3) is 0.500. The van der Waals surface area contributed by atoms with Crippen molar-refractivity contribution in [3.63, 3.8) is 0 Å². The molecule has 1 fully saturated rings. The van der Waals surface area contributed by atoms with Crippen molar-refractivity contribution in [3.05, 3.63) is 29.7 Å². The SMILES string of the molecule is O=C(O)c1cccc2nc(CN3CCCCCC3)nn12. The van der Waals surface area contributed by atoms with Crippen LogP contribution in [0.15, 0.2) is 18.2 Å². The minimum Gasteiger partial charge on any atom is -0.477 e. The Morgan fingerprint density at radius 1 is 1.20 bits per heavy atom. The fourth-order valence-corrected chi connectivity index (χ4v) is 2.67. The Hall–Kier alpha value is -1.95. The van der Waals surface area contributed by atoms with Crippen LogP contribution >= 0.6 is 0 Å². The molecule has 0 aliphatic carbocycles. The highest BCUT2D eigenvalue weighted by Gasteiger charge is 2.15. The average Bonchev–Trinajstić information content (AvgIpc) is 2.65. The summed E-state index contributed by atoms with van der Waals surface area (Å²) in [6.45, 7) is 2.84. The Morgan fingerprint density at radius 3 is 2.65 bits per heavy atom. The highest BCUT2D eigenvalue weighted by molar-refractivity contribution is 5.86. The van der Waals surface area contributed by atoms with E-state index in [2.05, 4.69) is 15.0 Å². The van der Waals surface area contributed by atoms with Gasteiger partial charge in [0.2, 0.25) is 0 Å². The lowest BCUT2D eigenvalue weighted by atomic mass is 10.2. The fourth-order valence-electron chi connectivity index (χ4n) is 2.67. The molecule has 0 amide bonds. The van der Waals surface area contributed by atoms with Gasteiger partial charge in [0.25, 0.3) is 0 Å². The summed E-state index contributed by atoms with van der Waals surface area (Å²) in [5.74, 6) is -0.289. The number of fused-ring (bicyclic) bond motifs is 1. The van der Waals surface area contributed by atoms with Gasteiger partial charge in [-0.25, -0.2) is 14.3 Å². The molecule has 3 rings (SSSR count). The van der Waals surface area contributed by atoms with Gasteiger partial charge < -0.3 is 5.11 Å². The lowest BCUT2D eigenvalue weighted by molar-refractivity contribution is 0.0687.